The van der Waals surface area contributed by atoms with E-state index in [1.807, 2.05) is 12.1 Å². The van der Waals surface area contributed by atoms with E-state index in [9.17, 15) is 9.59 Å². The number of pyridine rings is 1. The highest BCUT2D eigenvalue weighted by Gasteiger charge is 2.24. The third-order valence-corrected chi connectivity index (χ3v) is 4.45. The molecule has 0 saturated carbocycles. The molecule has 6 nitrogen and oxygen atoms in total. The molecular formula is C16H22N4O2. The van der Waals surface area contributed by atoms with Crippen LogP contribution < -0.4 is 4.90 Å². The number of nitrogens with zero attached hydrogens (tertiary/aromatic N) is 4. The largest absolute Gasteiger partial charge is 0.371 e. The van der Waals surface area contributed by atoms with Crippen LogP contribution in [0.4, 0.5) is 5.69 Å². The summed E-state index contributed by atoms with van der Waals surface area (Å²) in [5, 5.41) is 0. The maximum absolute atomic E-state index is 12.6. The third-order valence-electron chi connectivity index (χ3n) is 4.45. The Morgan fingerprint density at radius 3 is 2.27 bits per heavy atom. The Kier molecular flexibility index (Phi) is 4.27. The van der Waals surface area contributed by atoms with E-state index in [2.05, 4.69) is 9.88 Å². The molecule has 2 saturated heterocycles. The van der Waals surface area contributed by atoms with Crippen LogP contribution in [0.1, 0.15) is 30.3 Å². The van der Waals surface area contributed by atoms with Gasteiger partial charge in [0, 0.05) is 58.1 Å². The molecule has 22 heavy (non-hydrogen) atoms. The lowest BCUT2D eigenvalue weighted by atomic mass is 10.2. The van der Waals surface area contributed by atoms with Gasteiger partial charge in [0.2, 0.25) is 5.91 Å². The van der Waals surface area contributed by atoms with E-state index in [0.29, 0.717) is 31.9 Å². The molecule has 3 heterocycles. The van der Waals surface area contributed by atoms with Crippen molar-refractivity contribution in [1.82, 2.24) is 14.8 Å². The predicted molar refractivity (Wildman–Crippen MR) is 83.8 cm³/mol. The van der Waals surface area contributed by atoms with Crippen LogP contribution in [0.25, 0.3) is 0 Å². The Bertz CT molecular complexity index is 561. The Morgan fingerprint density at radius 2 is 1.64 bits per heavy atom. The van der Waals surface area contributed by atoms with Crippen LogP contribution in [0.15, 0.2) is 18.3 Å². The fourth-order valence-electron chi connectivity index (χ4n) is 3.09. The van der Waals surface area contributed by atoms with Crippen molar-refractivity contribution in [3.63, 3.8) is 0 Å². The van der Waals surface area contributed by atoms with Crippen molar-refractivity contribution in [2.24, 2.45) is 0 Å². The van der Waals surface area contributed by atoms with E-state index < -0.39 is 0 Å². The van der Waals surface area contributed by atoms with Crippen molar-refractivity contribution < 1.29 is 9.59 Å². The molecule has 0 N–H and O–H groups in total. The lowest BCUT2D eigenvalue weighted by molar-refractivity contribution is -0.130. The average Bonchev–Trinajstić information content (AvgIpc) is 3.09. The minimum absolute atomic E-state index is 0.0377. The zero-order valence-electron chi connectivity index (χ0n) is 13.0. The number of amides is 2. The monoisotopic (exact) mass is 302 g/mol. The number of hydrogen-bond donors (Lipinski definition) is 0. The van der Waals surface area contributed by atoms with Gasteiger partial charge >= 0.3 is 0 Å². The minimum Gasteiger partial charge on any atom is -0.371 e. The van der Waals surface area contributed by atoms with Gasteiger partial charge in [0.05, 0.1) is 0 Å². The van der Waals surface area contributed by atoms with E-state index in [1.54, 1.807) is 22.9 Å². The molecule has 0 radical (unpaired) electrons. The van der Waals surface area contributed by atoms with Crippen LogP contribution in [0.5, 0.6) is 0 Å². The maximum atomic E-state index is 12.6. The summed E-state index contributed by atoms with van der Waals surface area (Å²) in [6.45, 7) is 6.03. The van der Waals surface area contributed by atoms with Gasteiger partial charge in [-0.2, -0.15) is 0 Å². The highest BCUT2D eigenvalue weighted by Crippen LogP contribution is 2.20. The first-order chi connectivity index (χ1) is 10.6. The smallest absolute Gasteiger partial charge is 0.272 e. The summed E-state index contributed by atoms with van der Waals surface area (Å²) in [7, 11) is 0. The van der Waals surface area contributed by atoms with Crippen LogP contribution in [0.3, 0.4) is 0 Å². The van der Waals surface area contributed by atoms with Crippen molar-refractivity contribution in [3.8, 4) is 0 Å². The molecular weight excluding hydrogens is 280 g/mol. The number of aromatic nitrogens is 1. The Labute approximate surface area is 130 Å². The topological polar surface area (TPSA) is 56.8 Å². The van der Waals surface area contributed by atoms with E-state index in [1.165, 1.54) is 12.8 Å². The number of piperazine rings is 1. The molecule has 3 rings (SSSR count). The summed E-state index contributed by atoms with van der Waals surface area (Å²) in [6.07, 6.45) is 4.13. The molecule has 118 valence electrons. The van der Waals surface area contributed by atoms with Crippen LogP contribution in [-0.2, 0) is 4.79 Å². The van der Waals surface area contributed by atoms with Crippen molar-refractivity contribution >= 4 is 17.5 Å². The van der Waals surface area contributed by atoms with E-state index in [0.717, 1.165) is 18.8 Å². The highest BCUT2D eigenvalue weighted by atomic mass is 16.2. The normalized spacial score (nSPS) is 18.7. The molecule has 1 aromatic rings. The van der Waals surface area contributed by atoms with Gasteiger partial charge in [-0.05, 0) is 25.0 Å². The number of carbonyl (C=O) groups excluding carboxylic acids is 2. The van der Waals surface area contributed by atoms with Crippen LogP contribution in [0, 0.1) is 0 Å². The van der Waals surface area contributed by atoms with Gasteiger partial charge in [0.15, 0.2) is 0 Å². The van der Waals surface area contributed by atoms with Gasteiger partial charge in [-0.15, -0.1) is 0 Å². The van der Waals surface area contributed by atoms with Crippen molar-refractivity contribution in [2.75, 3.05) is 44.2 Å². The van der Waals surface area contributed by atoms with Crippen molar-refractivity contribution in [3.05, 3.63) is 24.0 Å². The zero-order chi connectivity index (χ0) is 15.5. The molecule has 0 bridgehead atoms. The Morgan fingerprint density at radius 1 is 1.00 bits per heavy atom. The summed E-state index contributed by atoms with van der Waals surface area (Å²) < 4.78 is 0. The van der Waals surface area contributed by atoms with Crippen molar-refractivity contribution in [1.29, 1.82) is 0 Å². The fraction of sp³-hybridized carbons (Fsp3) is 0.562. The number of anilines is 1. The van der Waals surface area contributed by atoms with Gasteiger partial charge in [-0.1, -0.05) is 0 Å². The second-order valence-corrected chi connectivity index (χ2v) is 5.89. The van der Waals surface area contributed by atoms with E-state index >= 15 is 0 Å². The van der Waals surface area contributed by atoms with Crippen LogP contribution >= 0.6 is 0 Å². The molecule has 0 aliphatic carbocycles. The molecule has 2 fully saturated rings. The first-order valence-electron chi connectivity index (χ1n) is 7.91. The molecule has 6 heteroatoms. The second-order valence-electron chi connectivity index (χ2n) is 5.89. The molecule has 2 aliphatic heterocycles. The summed E-state index contributed by atoms with van der Waals surface area (Å²) in [5.41, 5.74) is 1.58. The number of hydrogen-bond acceptors (Lipinski definition) is 4. The molecule has 2 aliphatic rings. The predicted octanol–water partition coefficient (Wildman–Crippen LogP) is 0.986. The first-order valence-corrected chi connectivity index (χ1v) is 7.91. The van der Waals surface area contributed by atoms with Gasteiger partial charge in [-0.25, -0.2) is 0 Å². The Balaban J connectivity index is 1.67. The minimum atomic E-state index is -0.0377. The molecule has 0 aromatic carbocycles. The molecule has 2 amide bonds. The van der Waals surface area contributed by atoms with Gasteiger partial charge in [0.1, 0.15) is 5.69 Å². The summed E-state index contributed by atoms with van der Waals surface area (Å²) in [4.78, 5) is 34.0. The van der Waals surface area contributed by atoms with Crippen molar-refractivity contribution in [2.45, 2.75) is 19.8 Å². The van der Waals surface area contributed by atoms with Crippen LogP contribution in [0.2, 0.25) is 0 Å². The fourth-order valence-corrected chi connectivity index (χ4v) is 3.09. The number of carbonyl (C=O) groups is 2. The molecule has 1 aromatic heterocycles. The lowest BCUT2D eigenvalue weighted by Crippen LogP contribution is -2.50. The van der Waals surface area contributed by atoms with Gasteiger partial charge in [-0.3, -0.25) is 14.6 Å². The quantitative estimate of drug-likeness (QED) is 0.817. The summed E-state index contributed by atoms with van der Waals surface area (Å²) >= 11 is 0. The third kappa shape index (κ3) is 3.05. The zero-order valence-corrected chi connectivity index (χ0v) is 13.0. The highest BCUT2D eigenvalue weighted by molar-refractivity contribution is 5.93. The Hall–Kier alpha value is -2.11. The summed E-state index contributed by atoms with van der Waals surface area (Å²) in [5.74, 6) is 0.0329. The SMILES string of the molecule is CC(=O)N1CCN(C(=O)c2cc(N3CCCC3)ccn2)CC1. The van der Waals surface area contributed by atoms with Crippen LogP contribution in [-0.4, -0.2) is 65.9 Å². The standard InChI is InChI=1S/C16H22N4O2/c1-13(21)18-8-10-20(11-9-18)16(22)15-12-14(4-5-17-15)19-6-2-3-7-19/h4-5,12H,2-3,6-11H2,1H3. The molecule has 0 atom stereocenters. The van der Waals surface area contributed by atoms with Gasteiger partial charge < -0.3 is 14.7 Å². The summed E-state index contributed by atoms with van der Waals surface area (Å²) in [6, 6.07) is 3.86. The van der Waals surface area contributed by atoms with E-state index in [-0.39, 0.29) is 11.8 Å². The first kappa shape index (κ1) is 14.8. The van der Waals surface area contributed by atoms with Gasteiger partial charge in [0.25, 0.3) is 5.91 Å². The van der Waals surface area contributed by atoms with E-state index in [4.69, 9.17) is 0 Å². The molecule has 0 spiro atoms. The molecule has 0 unspecified atom stereocenters. The lowest BCUT2D eigenvalue weighted by Gasteiger charge is -2.34. The maximum Gasteiger partial charge on any atom is 0.272 e. The number of rotatable bonds is 2. The average molecular weight is 302 g/mol. The second kappa shape index (κ2) is 6.34.